The van der Waals surface area contributed by atoms with Gasteiger partial charge in [0.2, 0.25) is 0 Å². The van der Waals surface area contributed by atoms with Crippen molar-refractivity contribution in [3.8, 4) is 5.75 Å². The Labute approximate surface area is 172 Å². The Hall–Kier alpha value is -3.99. The number of esters is 1. The summed E-state index contributed by atoms with van der Waals surface area (Å²) >= 11 is 0. The van der Waals surface area contributed by atoms with E-state index < -0.39 is 17.9 Å². The zero-order chi connectivity index (χ0) is 21.3. The first-order valence-corrected chi connectivity index (χ1v) is 9.45. The van der Waals surface area contributed by atoms with Gasteiger partial charge in [0.25, 0.3) is 0 Å². The molecule has 0 saturated carbocycles. The second-order valence-electron chi connectivity index (χ2n) is 7.04. The summed E-state index contributed by atoms with van der Waals surface area (Å²) in [5, 5.41) is 12.0. The van der Waals surface area contributed by atoms with Gasteiger partial charge >= 0.3 is 11.9 Å². The first-order valence-electron chi connectivity index (χ1n) is 9.45. The highest BCUT2D eigenvalue weighted by Gasteiger charge is 2.21. The SMILES string of the molecule is CC(C(=O)Oc1ccccc1C(=O)O)c1ccc2c(=O)c3ccccc3ccc2c1. The molecule has 0 aliphatic carbocycles. The molecule has 30 heavy (non-hydrogen) atoms. The average Bonchev–Trinajstić information content (AvgIpc) is 2.90. The van der Waals surface area contributed by atoms with Crippen molar-refractivity contribution < 1.29 is 19.4 Å². The van der Waals surface area contributed by atoms with Crippen LogP contribution in [0.1, 0.15) is 28.8 Å². The molecule has 4 rings (SSSR count). The van der Waals surface area contributed by atoms with Crippen molar-refractivity contribution in [3.63, 3.8) is 0 Å². The number of ether oxygens (including phenoxy) is 1. The lowest BCUT2D eigenvalue weighted by Gasteiger charge is -2.13. The number of fused-ring (bicyclic) bond motifs is 2. The molecule has 4 aromatic carbocycles. The molecule has 4 aromatic rings. The smallest absolute Gasteiger partial charge is 0.339 e. The summed E-state index contributed by atoms with van der Waals surface area (Å²) in [4.78, 5) is 36.9. The number of carbonyl (C=O) groups is 2. The third kappa shape index (κ3) is 3.53. The van der Waals surface area contributed by atoms with E-state index in [0.29, 0.717) is 16.3 Å². The van der Waals surface area contributed by atoms with Gasteiger partial charge in [-0.05, 0) is 35.4 Å². The molecular weight excluding hydrogens is 380 g/mol. The number of benzene rings is 3. The minimum atomic E-state index is -1.17. The minimum Gasteiger partial charge on any atom is -0.478 e. The Kier molecular flexibility index (Phi) is 5.02. The van der Waals surface area contributed by atoms with Gasteiger partial charge in [-0.25, -0.2) is 4.79 Å². The Morgan fingerprint density at radius 3 is 2.30 bits per heavy atom. The first-order chi connectivity index (χ1) is 14.5. The van der Waals surface area contributed by atoms with E-state index in [1.165, 1.54) is 12.1 Å². The summed E-state index contributed by atoms with van der Waals surface area (Å²) in [6.07, 6.45) is 0. The van der Waals surface area contributed by atoms with Crippen molar-refractivity contribution in [2.75, 3.05) is 0 Å². The molecule has 0 spiro atoms. The van der Waals surface area contributed by atoms with Crippen LogP contribution in [-0.4, -0.2) is 17.0 Å². The fourth-order valence-electron chi connectivity index (χ4n) is 3.43. The fourth-order valence-corrected chi connectivity index (χ4v) is 3.43. The summed E-state index contributed by atoms with van der Waals surface area (Å²) in [6, 6.07) is 22.4. The molecule has 0 aliphatic heterocycles. The number of hydrogen-bond donors (Lipinski definition) is 1. The topological polar surface area (TPSA) is 80.7 Å². The third-order valence-corrected chi connectivity index (χ3v) is 5.15. The van der Waals surface area contributed by atoms with Gasteiger partial charge in [-0.1, -0.05) is 66.7 Å². The highest BCUT2D eigenvalue weighted by atomic mass is 16.5. The van der Waals surface area contributed by atoms with Crippen LogP contribution < -0.4 is 10.2 Å². The van der Waals surface area contributed by atoms with E-state index in [4.69, 9.17) is 4.74 Å². The molecule has 0 aliphatic rings. The minimum absolute atomic E-state index is 0.00198. The van der Waals surface area contributed by atoms with E-state index in [2.05, 4.69) is 0 Å². The van der Waals surface area contributed by atoms with Crippen LogP contribution in [-0.2, 0) is 4.79 Å². The first kappa shape index (κ1) is 19.3. The summed E-state index contributed by atoms with van der Waals surface area (Å²) < 4.78 is 5.36. The largest absolute Gasteiger partial charge is 0.478 e. The Bertz CT molecular complexity index is 1360. The van der Waals surface area contributed by atoms with E-state index in [0.717, 1.165) is 10.8 Å². The number of carboxylic acids is 1. The second kappa shape index (κ2) is 7.79. The predicted molar refractivity (Wildman–Crippen MR) is 115 cm³/mol. The van der Waals surface area contributed by atoms with Gasteiger partial charge < -0.3 is 9.84 Å². The molecule has 148 valence electrons. The van der Waals surface area contributed by atoms with Crippen molar-refractivity contribution in [1.82, 2.24) is 0 Å². The zero-order valence-electron chi connectivity index (χ0n) is 16.2. The van der Waals surface area contributed by atoms with Crippen molar-refractivity contribution in [2.45, 2.75) is 12.8 Å². The standard InChI is InChI=1S/C25H18O5/c1-15(25(29)30-22-9-5-4-8-21(22)24(27)28)17-12-13-20-18(14-17)11-10-16-6-2-3-7-19(16)23(20)26/h2-15H,1H3,(H,27,28). The summed E-state index contributed by atoms with van der Waals surface area (Å²) in [6.45, 7) is 1.68. The maximum Gasteiger partial charge on any atom is 0.339 e. The number of rotatable bonds is 4. The monoisotopic (exact) mass is 398 g/mol. The predicted octanol–water partition coefficient (Wildman–Crippen LogP) is 4.76. The summed E-state index contributed by atoms with van der Waals surface area (Å²) in [5.41, 5.74) is 0.531. The van der Waals surface area contributed by atoms with Gasteiger partial charge in [0.05, 0.1) is 5.92 Å². The van der Waals surface area contributed by atoms with E-state index in [-0.39, 0.29) is 16.7 Å². The Balaban J connectivity index is 1.71. The highest BCUT2D eigenvalue weighted by Crippen LogP contribution is 2.25. The maximum atomic E-state index is 12.9. The van der Waals surface area contributed by atoms with Crippen molar-refractivity contribution >= 4 is 33.5 Å². The quantitative estimate of drug-likeness (QED) is 0.396. The van der Waals surface area contributed by atoms with E-state index in [1.54, 1.807) is 43.3 Å². The molecule has 5 heteroatoms. The van der Waals surface area contributed by atoms with Gasteiger partial charge in [-0.3, -0.25) is 9.59 Å². The van der Waals surface area contributed by atoms with Gasteiger partial charge in [0.15, 0.2) is 5.43 Å². The molecule has 1 unspecified atom stereocenters. The summed E-state index contributed by atoms with van der Waals surface area (Å²) in [7, 11) is 0. The third-order valence-electron chi connectivity index (χ3n) is 5.15. The average molecular weight is 398 g/mol. The lowest BCUT2D eigenvalue weighted by molar-refractivity contribution is -0.135. The van der Waals surface area contributed by atoms with Crippen molar-refractivity contribution in [1.29, 1.82) is 0 Å². The molecular formula is C25H18O5. The van der Waals surface area contributed by atoms with Gasteiger partial charge in [-0.2, -0.15) is 0 Å². The molecule has 0 heterocycles. The molecule has 0 aromatic heterocycles. The number of hydrogen-bond acceptors (Lipinski definition) is 4. The van der Waals surface area contributed by atoms with Gasteiger partial charge in [0.1, 0.15) is 11.3 Å². The zero-order valence-corrected chi connectivity index (χ0v) is 16.2. The molecule has 0 fully saturated rings. The van der Waals surface area contributed by atoms with Crippen LogP contribution in [0.2, 0.25) is 0 Å². The molecule has 0 bridgehead atoms. The van der Waals surface area contributed by atoms with Crippen LogP contribution in [0.15, 0.2) is 83.7 Å². The maximum absolute atomic E-state index is 12.9. The fraction of sp³-hybridized carbons (Fsp3) is 0.0800. The normalized spacial score (nSPS) is 11.9. The number of para-hydroxylation sites is 1. The summed E-state index contributed by atoms with van der Waals surface area (Å²) in [5.74, 6) is -2.39. The van der Waals surface area contributed by atoms with Crippen LogP contribution >= 0.6 is 0 Å². The number of carbonyl (C=O) groups excluding carboxylic acids is 1. The van der Waals surface area contributed by atoms with Crippen molar-refractivity contribution in [3.05, 3.63) is 100 Å². The van der Waals surface area contributed by atoms with Crippen molar-refractivity contribution in [2.24, 2.45) is 0 Å². The van der Waals surface area contributed by atoms with Crippen LogP contribution in [0.3, 0.4) is 0 Å². The molecule has 0 radical (unpaired) electrons. The molecule has 5 nitrogen and oxygen atoms in total. The molecule has 1 atom stereocenters. The van der Waals surface area contributed by atoms with E-state index >= 15 is 0 Å². The van der Waals surface area contributed by atoms with Crippen LogP contribution in [0.4, 0.5) is 0 Å². The highest BCUT2D eigenvalue weighted by molar-refractivity contribution is 5.95. The van der Waals surface area contributed by atoms with E-state index in [1.807, 2.05) is 30.3 Å². The molecule has 0 amide bonds. The second-order valence-corrected chi connectivity index (χ2v) is 7.04. The lowest BCUT2D eigenvalue weighted by atomic mass is 9.98. The van der Waals surface area contributed by atoms with Gasteiger partial charge in [0, 0.05) is 10.8 Å². The van der Waals surface area contributed by atoms with Crippen LogP contribution in [0.25, 0.3) is 21.5 Å². The molecule has 0 saturated heterocycles. The van der Waals surface area contributed by atoms with Crippen LogP contribution in [0, 0.1) is 0 Å². The lowest BCUT2D eigenvalue weighted by Crippen LogP contribution is -2.17. The number of aromatic carboxylic acids is 1. The van der Waals surface area contributed by atoms with Gasteiger partial charge in [-0.15, -0.1) is 0 Å². The Morgan fingerprint density at radius 1 is 0.833 bits per heavy atom. The number of carboxylic acid groups (broad SMARTS) is 1. The molecule has 1 N–H and O–H groups in total. The van der Waals surface area contributed by atoms with Crippen LogP contribution in [0.5, 0.6) is 5.75 Å². The van der Waals surface area contributed by atoms with E-state index in [9.17, 15) is 19.5 Å². The Morgan fingerprint density at radius 2 is 1.50 bits per heavy atom.